The molecular formula is C21H25FN2O4. The lowest BCUT2D eigenvalue weighted by Gasteiger charge is -2.16. The Labute approximate surface area is 164 Å². The first-order valence-electron chi connectivity index (χ1n) is 8.91. The van der Waals surface area contributed by atoms with Crippen LogP contribution in [0, 0.1) is 5.82 Å². The predicted molar refractivity (Wildman–Crippen MR) is 103 cm³/mol. The minimum atomic E-state index is -0.724. The molecule has 0 aliphatic heterocycles. The third-order valence-electron chi connectivity index (χ3n) is 3.94. The van der Waals surface area contributed by atoms with Gasteiger partial charge in [-0.2, -0.15) is 0 Å². The van der Waals surface area contributed by atoms with Crippen LogP contribution in [0.3, 0.4) is 0 Å². The molecule has 1 atom stereocenters. The van der Waals surface area contributed by atoms with Gasteiger partial charge in [0.15, 0.2) is 0 Å². The molecule has 7 heteroatoms. The monoisotopic (exact) mass is 388 g/mol. The molecule has 0 aliphatic carbocycles. The minimum absolute atomic E-state index is 0.104. The number of halogens is 1. The molecule has 0 radical (unpaired) electrons. The van der Waals surface area contributed by atoms with Crippen molar-refractivity contribution < 1.29 is 23.5 Å². The third kappa shape index (κ3) is 7.46. The van der Waals surface area contributed by atoms with Crippen LogP contribution in [0.15, 0.2) is 48.5 Å². The molecule has 150 valence electrons. The van der Waals surface area contributed by atoms with Crippen molar-refractivity contribution in [2.75, 3.05) is 13.7 Å². The van der Waals surface area contributed by atoms with Crippen LogP contribution in [0.4, 0.5) is 4.39 Å². The highest BCUT2D eigenvalue weighted by atomic mass is 19.1. The summed E-state index contributed by atoms with van der Waals surface area (Å²) in [4.78, 5) is 23.3. The van der Waals surface area contributed by atoms with E-state index in [0.717, 1.165) is 16.7 Å². The molecule has 6 nitrogen and oxygen atoms in total. The number of benzene rings is 2. The predicted octanol–water partition coefficient (Wildman–Crippen LogP) is 2.31. The Morgan fingerprint density at radius 3 is 2.36 bits per heavy atom. The summed E-state index contributed by atoms with van der Waals surface area (Å²) in [6, 6.07) is 13.2. The topological polar surface area (TPSA) is 76.7 Å². The highest BCUT2D eigenvalue weighted by Gasteiger charge is 2.18. The largest absolute Gasteiger partial charge is 0.382 e. The van der Waals surface area contributed by atoms with E-state index in [2.05, 4.69) is 10.6 Å². The van der Waals surface area contributed by atoms with Crippen LogP contribution in [0.25, 0.3) is 0 Å². The van der Waals surface area contributed by atoms with Crippen molar-refractivity contribution in [3.05, 3.63) is 71.0 Å². The van der Waals surface area contributed by atoms with Gasteiger partial charge < -0.3 is 20.1 Å². The van der Waals surface area contributed by atoms with E-state index in [1.807, 2.05) is 30.3 Å². The van der Waals surface area contributed by atoms with Gasteiger partial charge in [-0.1, -0.05) is 36.4 Å². The number of amides is 2. The van der Waals surface area contributed by atoms with Gasteiger partial charge in [0.05, 0.1) is 19.8 Å². The highest BCUT2D eigenvalue weighted by molar-refractivity contribution is 5.86. The summed E-state index contributed by atoms with van der Waals surface area (Å²) in [5, 5.41) is 5.33. The van der Waals surface area contributed by atoms with Crippen LogP contribution in [-0.4, -0.2) is 31.6 Å². The summed E-state index contributed by atoms with van der Waals surface area (Å²) >= 11 is 0. The molecular weight excluding hydrogens is 363 g/mol. The molecule has 0 aromatic heterocycles. The Kier molecular flexibility index (Phi) is 8.58. The number of ether oxygens (including phenoxy) is 2. The van der Waals surface area contributed by atoms with Gasteiger partial charge >= 0.3 is 0 Å². The first kappa shape index (κ1) is 21.5. The average Bonchev–Trinajstić information content (AvgIpc) is 2.66. The van der Waals surface area contributed by atoms with Gasteiger partial charge in [-0.05, 0) is 28.8 Å². The minimum Gasteiger partial charge on any atom is -0.382 e. The normalized spacial score (nSPS) is 11.7. The first-order chi connectivity index (χ1) is 13.5. The number of carbonyl (C=O) groups excluding carboxylic acids is 2. The van der Waals surface area contributed by atoms with Crippen LogP contribution < -0.4 is 10.6 Å². The lowest BCUT2D eigenvalue weighted by molar-refractivity contribution is -0.129. The van der Waals surface area contributed by atoms with E-state index in [-0.39, 0.29) is 24.2 Å². The zero-order valence-corrected chi connectivity index (χ0v) is 16.0. The maximum Gasteiger partial charge on any atom is 0.245 e. The number of carbonyl (C=O) groups is 2. The zero-order valence-electron chi connectivity index (χ0n) is 16.0. The molecule has 2 amide bonds. The Hall–Kier alpha value is -2.77. The number of nitrogens with one attached hydrogen (secondary N) is 2. The van der Waals surface area contributed by atoms with E-state index in [1.54, 1.807) is 6.07 Å². The molecule has 28 heavy (non-hydrogen) atoms. The smallest absolute Gasteiger partial charge is 0.245 e. The van der Waals surface area contributed by atoms with Gasteiger partial charge in [-0.15, -0.1) is 0 Å². The summed E-state index contributed by atoms with van der Waals surface area (Å²) in [6.07, 6.45) is 0. The number of rotatable bonds is 10. The summed E-state index contributed by atoms with van der Waals surface area (Å²) in [7, 11) is 1.47. The summed E-state index contributed by atoms with van der Waals surface area (Å²) in [6.45, 7) is 2.53. The van der Waals surface area contributed by atoms with Crippen LogP contribution in [0.2, 0.25) is 0 Å². The molecule has 0 bridgehead atoms. The van der Waals surface area contributed by atoms with Crippen LogP contribution in [-0.2, 0) is 38.8 Å². The molecule has 2 aromatic carbocycles. The van der Waals surface area contributed by atoms with E-state index in [9.17, 15) is 14.0 Å². The molecule has 0 spiro atoms. The van der Waals surface area contributed by atoms with Gasteiger partial charge in [0.2, 0.25) is 11.8 Å². The maximum atomic E-state index is 13.1. The molecule has 2 N–H and O–H groups in total. The van der Waals surface area contributed by atoms with E-state index in [4.69, 9.17) is 9.47 Å². The second-order valence-corrected chi connectivity index (χ2v) is 6.37. The Bertz CT molecular complexity index is 780. The standard InChI is InChI=1S/C21H25FN2O4/c1-15(25)24-20(14-27-2)21(26)23-11-16-6-8-17(9-7-16)12-28-13-18-4-3-5-19(22)10-18/h3-10,20H,11-14H2,1-2H3,(H,23,26)(H,24,25). The molecule has 0 saturated heterocycles. The highest BCUT2D eigenvalue weighted by Crippen LogP contribution is 2.09. The van der Waals surface area contributed by atoms with Crippen LogP contribution >= 0.6 is 0 Å². The number of hydrogen-bond acceptors (Lipinski definition) is 4. The van der Waals surface area contributed by atoms with Crippen molar-refractivity contribution >= 4 is 11.8 Å². The van der Waals surface area contributed by atoms with Gasteiger partial charge in [0.1, 0.15) is 11.9 Å². The fraction of sp³-hybridized carbons (Fsp3) is 0.333. The summed E-state index contributed by atoms with van der Waals surface area (Å²) < 4.78 is 23.7. The lowest BCUT2D eigenvalue weighted by Crippen LogP contribution is -2.48. The number of hydrogen-bond donors (Lipinski definition) is 2. The molecule has 0 heterocycles. The van der Waals surface area contributed by atoms with E-state index in [0.29, 0.717) is 19.8 Å². The Balaban J connectivity index is 1.78. The van der Waals surface area contributed by atoms with Crippen molar-refractivity contribution in [2.24, 2.45) is 0 Å². The van der Waals surface area contributed by atoms with Crippen molar-refractivity contribution in [3.8, 4) is 0 Å². The van der Waals surface area contributed by atoms with Gasteiger partial charge in [0, 0.05) is 20.6 Å². The molecule has 1 unspecified atom stereocenters. The SMILES string of the molecule is COCC(NC(C)=O)C(=O)NCc1ccc(COCc2cccc(F)c2)cc1. The van der Waals surface area contributed by atoms with Crippen molar-refractivity contribution in [3.63, 3.8) is 0 Å². The van der Waals surface area contributed by atoms with Crippen LogP contribution in [0.1, 0.15) is 23.6 Å². The van der Waals surface area contributed by atoms with E-state index >= 15 is 0 Å². The molecule has 0 saturated carbocycles. The molecule has 2 rings (SSSR count). The fourth-order valence-corrected chi connectivity index (χ4v) is 2.57. The van der Waals surface area contributed by atoms with Gasteiger partial charge in [-0.3, -0.25) is 9.59 Å². The first-order valence-corrected chi connectivity index (χ1v) is 8.91. The molecule has 0 aliphatic rings. The number of methoxy groups -OCH3 is 1. The van der Waals surface area contributed by atoms with Gasteiger partial charge in [-0.25, -0.2) is 4.39 Å². The van der Waals surface area contributed by atoms with Gasteiger partial charge in [0.25, 0.3) is 0 Å². The summed E-state index contributed by atoms with van der Waals surface area (Å²) in [5.74, 6) is -0.877. The molecule has 2 aromatic rings. The Morgan fingerprint density at radius 1 is 1.04 bits per heavy atom. The Morgan fingerprint density at radius 2 is 1.71 bits per heavy atom. The van der Waals surface area contributed by atoms with E-state index in [1.165, 1.54) is 26.2 Å². The van der Waals surface area contributed by atoms with Crippen LogP contribution in [0.5, 0.6) is 0 Å². The third-order valence-corrected chi connectivity index (χ3v) is 3.94. The zero-order chi connectivity index (χ0) is 20.4. The van der Waals surface area contributed by atoms with Crippen molar-refractivity contribution in [1.29, 1.82) is 0 Å². The van der Waals surface area contributed by atoms with E-state index < -0.39 is 6.04 Å². The second kappa shape index (κ2) is 11.2. The summed E-state index contributed by atoms with van der Waals surface area (Å²) in [5.41, 5.74) is 2.67. The average molecular weight is 388 g/mol. The lowest BCUT2D eigenvalue weighted by atomic mass is 10.1. The quantitative estimate of drug-likeness (QED) is 0.655. The fourth-order valence-electron chi connectivity index (χ4n) is 2.57. The van der Waals surface area contributed by atoms with Crippen molar-refractivity contribution in [1.82, 2.24) is 10.6 Å². The second-order valence-electron chi connectivity index (χ2n) is 6.37. The van der Waals surface area contributed by atoms with Crippen molar-refractivity contribution in [2.45, 2.75) is 32.7 Å². The maximum absolute atomic E-state index is 13.1. The molecule has 0 fully saturated rings.